The van der Waals surface area contributed by atoms with Crippen molar-refractivity contribution in [2.24, 2.45) is 5.41 Å². The number of nitrogens with zero attached hydrogens (tertiary/aromatic N) is 1. The molecule has 76 valence electrons. The van der Waals surface area contributed by atoms with E-state index in [1.54, 1.807) is 4.90 Å². The van der Waals surface area contributed by atoms with Crippen LogP contribution in [0.2, 0.25) is 0 Å². The fourth-order valence-corrected chi connectivity index (χ4v) is 1.74. The largest absolute Gasteiger partial charge is 0.390 e. The zero-order valence-electron chi connectivity index (χ0n) is 8.32. The van der Waals surface area contributed by atoms with Gasteiger partial charge in [0.2, 0.25) is 5.91 Å². The third-order valence-electron chi connectivity index (χ3n) is 2.62. The number of rotatable bonds is 0. The molecule has 1 aliphatic heterocycles. The molecule has 1 heterocycles. The molecule has 0 aromatic rings. The molecule has 0 radical (unpaired) electrons. The van der Waals surface area contributed by atoms with Gasteiger partial charge in [-0.1, -0.05) is 13.8 Å². The third kappa shape index (κ3) is 2.00. The van der Waals surface area contributed by atoms with Crippen LogP contribution in [0.15, 0.2) is 0 Å². The Morgan fingerprint density at radius 2 is 2.00 bits per heavy atom. The summed E-state index contributed by atoms with van der Waals surface area (Å²) in [6.45, 7) is 5.90. The topological polar surface area (TPSA) is 60.8 Å². The maximum atomic E-state index is 11.1. The minimum atomic E-state index is -0.826. The zero-order valence-corrected chi connectivity index (χ0v) is 8.32. The summed E-state index contributed by atoms with van der Waals surface area (Å²) in [6.07, 6.45) is -1.57. The summed E-state index contributed by atoms with van der Waals surface area (Å²) < 4.78 is 0. The highest BCUT2D eigenvalue weighted by atomic mass is 16.3. The van der Waals surface area contributed by atoms with E-state index >= 15 is 0 Å². The van der Waals surface area contributed by atoms with Crippen molar-refractivity contribution in [3.05, 3.63) is 0 Å². The number of carbonyl (C=O) groups excluding carboxylic acids is 1. The molecule has 0 aromatic heterocycles. The Balaban J connectivity index is 2.76. The van der Waals surface area contributed by atoms with Crippen LogP contribution in [0.4, 0.5) is 0 Å². The summed E-state index contributed by atoms with van der Waals surface area (Å²) >= 11 is 0. The summed E-state index contributed by atoms with van der Waals surface area (Å²) in [5.74, 6) is -0.0565. The Morgan fingerprint density at radius 1 is 1.46 bits per heavy atom. The van der Waals surface area contributed by atoms with E-state index in [1.165, 1.54) is 6.92 Å². The number of aliphatic hydroxyl groups excluding tert-OH is 2. The summed E-state index contributed by atoms with van der Waals surface area (Å²) in [7, 11) is 0. The van der Waals surface area contributed by atoms with Gasteiger partial charge in [0, 0.05) is 25.4 Å². The van der Waals surface area contributed by atoms with Crippen LogP contribution in [0.25, 0.3) is 0 Å². The molecule has 0 spiro atoms. The second kappa shape index (κ2) is 3.27. The number of carbonyl (C=O) groups is 1. The lowest BCUT2D eigenvalue weighted by Gasteiger charge is -2.44. The Hall–Kier alpha value is -0.610. The molecular formula is C9H17NO3. The monoisotopic (exact) mass is 187 g/mol. The number of likely N-dealkylation sites (tertiary alicyclic amines) is 1. The van der Waals surface area contributed by atoms with Crippen molar-refractivity contribution in [1.82, 2.24) is 4.90 Å². The van der Waals surface area contributed by atoms with Gasteiger partial charge in [0.1, 0.15) is 0 Å². The molecule has 1 amide bonds. The van der Waals surface area contributed by atoms with Crippen LogP contribution >= 0.6 is 0 Å². The minimum absolute atomic E-state index is 0.0565. The molecule has 4 heteroatoms. The summed E-state index contributed by atoms with van der Waals surface area (Å²) in [5.41, 5.74) is -0.427. The Morgan fingerprint density at radius 3 is 2.38 bits per heavy atom. The molecule has 0 aliphatic carbocycles. The Bertz CT molecular complexity index is 215. The van der Waals surface area contributed by atoms with Gasteiger partial charge < -0.3 is 15.1 Å². The van der Waals surface area contributed by atoms with Gasteiger partial charge in [-0.2, -0.15) is 0 Å². The molecule has 2 atom stereocenters. The van der Waals surface area contributed by atoms with Gasteiger partial charge >= 0.3 is 0 Å². The van der Waals surface area contributed by atoms with Crippen LogP contribution < -0.4 is 0 Å². The van der Waals surface area contributed by atoms with Crippen molar-refractivity contribution in [2.75, 3.05) is 13.1 Å². The van der Waals surface area contributed by atoms with E-state index in [0.29, 0.717) is 6.54 Å². The van der Waals surface area contributed by atoms with E-state index in [1.807, 2.05) is 13.8 Å². The van der Waals surface area contributed by atoms with Crippen LogP contribution in [-0.2, 0) is 4.79 Å². The van der Waals surface area contributed by atoms with E-state index < -0.39 is 17.6 Å². The van der Waals surface area contributed by atoms with Crippen LogP contribution in [0.1, 0.15) is 20.8 Å². The first-order valence-electron chi connectivity index (χ1n) is 4.46. The van der Waals surface area contributed by atoms with Crippen molar-refractivity contribution in [3.8, 4) is 0 Å². The molecule has 13 heavy (non-hydrogen) atoms. The fraction of sp³-hybridized carbons (Fsp3) is 0.889. The molecule has 0 aromatic carbocycles. The number of amides is 1. The summed E-state index contributed by atoms with van der Waals surface area (Å²) in [5, 5.41) is 19.1. The number of hydrogen-bond donors (Lipinski definition) is 2. The molecule has 4 nitrogen and oxygen atoms in total. The second-order valence-corrected chi connectivity index (χ2v) is 4.40. The van der Waals surface area contributed by atoms with E-state index in [2.05, 4.69) is 0 Å². The minimum Gasteiger partial charge on any atom is -0.390 e. The molecule has 0 saturated carbocycles. The smallest absolute Gasteiger partial charge is 0.219 e. The van der Waals surface area contributed by atoms with Gasteiger partial charge in [0.25, 0.3) is 0 Å². The molecule has 0 unspecified atom stereocenters. The highest BCUT2D eigenvalue weighted by Gasteiger charge is 2.41. The zero-order chi connectivity index (χ0) is 10.2. The average molecular weight is 187 g/mol. The van der Waals surface area contributed by atoms with Crippen molar-refractivity contribution in [1.29, 1.82) is 0 Å². The highest BCUT2D eigenvalue weighted by molar-refractivity contribution is 5.73. The van der Waals surface area contributed by atoms with E-state index in [-0.39, 0.29) is 12.5 Å². The molecule has 1 saturated heterocycles. The highest BCUT2D eigenvalue weighted by Crippen LogP contribution is 2.29. The van der Waals surface area contributed by atoms with Gasteiger partial charge in [-0.3, -0.25) is 4.79 Å². The Labute approximate surface area is 78.2 Å². The predicted octanol–water partition coefficient (Wildman–Crippen LogP) is -0.404. The summed E-state index contributed by atoms with van der Waals surface area (Å²) in [6, 6.07) is 0. The van der Waals surface area contributed by atoms with Crippen LogP contribution in [-0.4, -0.2) is 46.3 Å². The average Bonchev–Trinajstić information content (AvgIpc) is 1.99. The fourth-order valence-electron chi connectivity index (χ4n) is 1.74. The first-order chi connectivity index (χ1) is 5.84. The van der Waals surface area contributed by atoms with Crippen LogP contribution in [0.5, 0.6) is 0 Å². The van der Waals surface area contributed by atoms with E-state index in [9.17, 15) is 15.0 Å². The maximum Gasteiger partial charge on any atom is 0.219 e. The Kier molecular flexibility index (Phi) is 2.63. The van der Waals surface area contributed by atoms with Crippen molar-refractivity contribution >= 4 is 5.91 Å². The van der Waals surface area contributed by atoms with Crippen LogP contribution in [0.3, 0.4) is 0 Å². The standard InChI is InChI=1S/C9H17NO3/c1-6(11)10-4-7(12)8(13)9(2,3)5-10/h7-8,12-13H,4-5H2,1-3H3/t7-,8+/m0/s1. The second-order valence-electron chi connectivity index (χ2n) is 4.40. The van der Waals surface area contributed by atoms with E-state index in [4.69, 9.17) is 0 Å². The summed E-state index contributed by atoms with van der Waals surface area (Å²) in [4.78, 5) is 12.6. The molecule has 1 rings (SSSR count). The van der Waals surface area contributed by atoms with Gasteiger partial charge in [0.15, 0.2) is 0 Å². The number of aliphatic hydroxyl groups is 2. The number of β-amino-alcohol motifs (C(OH)–C–C–N with tert-alkyl or cyclic N) is 1. The molecule has 2 N–H and O–H groups in total. The number of hydrogen-bond acceptors (Lipinski definition) is 3. The SMILES string of the molecule is CC(=O)N1C[C@H](O)[C@@H](O)C(C)(C)C1. The molecule has 0 bridgehead atoms. The number of piperidine rings is 1. The molecule has 1 fully saturated rings. The van der Waals surface area contributed by atoms with Crippen LogP contribution in [0, 0.1) is 5.41 Å². The molecule has 1 aliphatic rings. The quantitative estimate of drug-likeness (QED) is 0.542. The first-order valence-corrected chi connectivity index (χ1v) is 4.46. The van der Waals surface area contributed by atoms with E-state index in [0.717, 1.165) is 0 Å². The first kappa shape index (κ1) is 10.5. The van der Waals surface area contributed by atoms with Gasteiger partial charge in [-0.15, -0.1) is 0 Å². The molecular weight excluding hydrogens is 170 g/mol. The van der Waals surface area contributed by atoms with Crippen molar-refractivity contribution in [3.63, 3.8) is 0 Å². The van der Waals surface area contributed by atoms with Gasteiger partial charge in [0.05, 0.1) is 12.2 Å². The lowest BCUT2D eigenvalue weighted by molar-refractivity contribution is -0.147. The van der Waals surface area contributed by atoms with Crippen molar-refractivity contribution < 1.29 is 15.0 Å². The lowest BCUT2D eigenvalue weighted by atomic mass is 9.80. The lowest BCUT2D eigenvalue weighted by Crippen LogP contribution is -2.57. The van der Waals surface area contributed by atoms with Crippen molar-refractivity contribution in [2.45, 2.75) is 33.0 Å². The van der Waals surface area contributed by atoms with Gasteiger partial charge in [-0.25, -0.2) is 0 Å². The van der Waals surface area contributed by atoms with Gasteiger partial charge in [-0.05, 0) is 0 Å². The third-order valence-corrected chi connectivity index (χ3v) is 2.62. The normalized spacial score (nSPS) is 33.2. The predicted molar refractivity (Wildman–Crippen MR) is 48.0 cm³/mol. The maximum absolute atomic E-state index is 11.1.